The molecule has 0 atom stereocenters. The van der Waals surface area contributed by atoms with Crippen molar-refractivity contribution in [1.82, 2.24) is 4.98 Å². The molecule has 0 unspecified atom stereocenters. The van der Waals surface area contributed by atoms with Gasteiger partial charge in [-0.2, -0.15) is 0 Å². The topological polar surface area (TPSA) is 42.1 Å². The summed E-state index contributed by atoms with van der Waals surface area (Å²) in [6.45, 7) is 3.11. The van der Waals surface area contributed by atoms with Crippen LogP contribution < -0.4 is 10.6 Å². The number of aryl methyl sites for hydroxylation is 1. The number of rotatable bonds is 4. The smallest absolute Gasteiger partial charge is 0.123 e. The van der Waals surface area contributed by atoms with Gasteiger partial charge in [-0.25, -0.2) is 4.39 Å². The first-order valence-electron chi connectivity index (χ1n) is 6.21. The Kier molecular flexibility index (Phi) is 4.12. The SMILES string of the molecule is Cc1cc(N(C)Cc2ccc(F)cc2)c(CN)cn1. The molecule has 0 spiro atoms. The van der Waals surface area contributed by atoms with Crippen LogP contribution in [0.2, 0.25) is 0 Å². The van der Waals surface area contributed by atoms with Gasteiger partial charge in [0.15, 0.2) is 0 Å². The molecule has 2 N–H and O–H groups in total. The molecule has 2 rings (SSSR count). The molecule has 0 aliphatic rings. The first-order chi connectivity index (χ1) is 9.10. The average Bonchev–Trinajstić information content (AvgIpc) is 2.41. The third-order valence-corrected chi connectivity index (χ3v) is 3.06. The van der Waals surface area contributed by atoms with E-state index in [1.807, 2.05) is 26.2 Å². The molecule has 0 aliphatic heterocycles. The van der Waals surface area contributed by atoms with Crippen molar-refractivity contribution in [3.63, 3.8) is 0 Å². The molecule has 100 valence electrons. The van der Waals surface area contributed by atoms with E-state index >= 15 is 0 Å². The molecule has 1 aromatic carbocycles. The molecule has 0 fully saturated rings. The summed E-state index contributed by atoms with van der Waals surface area (Å²) in [6, 6.07) is 8.56. The van der Waals surface area contributed by atoms with Crippen LogP contribution >= 0.6 is 0 Å². The predicted molar refractivity (Wildman–Crippen MR) is 75.4 cm³/mol. The van der Waals surface area contributed by atoms with Gasteiger partial charge in [-0.15, -0.1) is 0 Å². The van der Waals surface area contributed by atoms with E-state index in [1.165, 1.54) is 12.1 Å². The third kappa shape index (κ3) is 3.29. The van der Waals surface area contributed by atoms with E-state index in [-0.39, 0.29) is 5.82 Å². The number of benzene rings is 1. The number of hydrogen-bond donors (Lipinski definition) is 1. The van der Waals surface area contributed by atoms with E-state index < -0.39 is 0 Å². The number of nitrogens with zero attached hydrogens (tertiary/aromatic N) is 2. The molecule has 0 saturated carbocycles. The lowest BCUT2D eigenvalue weighted by Crippen LogP contribution is -2.19. The summed E-state index contributed by atoms with van der Waals surface area (Å²) in [5, 5.41) is 0. The number of aromatic nitrogens is 1. The Hall–Kier alpha value is -1.94. The van der Waals surface area contributed by atoms with E-state index in [1.54, 1.807) is 12.1 Å². The molecule has 0 saturated heterocycles. The molecular weight excluding hydrogens is 241 g/mol. The predicted octanol–water partition coefficient (Wildman–Crippen LogP) is 2.62. The Morgan fingerprint density at radius 2 is 1.95 bits per heavy atom. The summed E-state index contributed by atoms with van der Waals surface area (Å²) in [4.78, 5) is 6.36. The van der Waals surface area contributed by atoms with Crippen molar-refractivity contribution in [3.05, 3.63) is 59.2 Å². The molecule has 1 aromatic heterocycles. The minimum atomic E-state index is -0.214. The molecule has 0 amide bonds. The van der Waals surface area contributed by atoms with Gasteiger partial charge in [-0.3, -0.25) is 4.98 Å². The van der Waals surface area contributed by atoms with E-state index in [9.17, 15) is 4.39 Å². The standard InChI is InChI=1S/C15H18FN3/c1-11-7-15(13(8-17)9-18-11)19(2)10-12-3-5-14(16)6-4-12/h3-7,9H,8,10,17H2,1-2H3. The van der Waals surface area contributed by atoms with Gasteiger partial charge in [-0.05, 0) is 30.7 Å². The van der Waals surface area contributed by atoms with Crippen molar-refractivity contribution in [1.29, 1.82) is 0 Å². The number of pyridine rings is 1. The number of halogens is 1. The monoisotopic (exact) mass is 259 g/mol. The zero-order valence-electron chi connectivity index (χ0n) is 11.2. The molecule has 2 aromatic rings. The first kappa shape index (κ1) is 13.5. The van der Waals surface area contributed by atoms with E-state index in [0.29, 0.717) is 13.1 Å². The number of nitrogens with two attached hydrogens (primary N) is 1. The second kappa shape index (κ2) is 5.80. The maximum atomic E-state index is 12.9. The molecule has 3 nitrogen and oxygen atoms in total. The van der Waals surface area contributed by atoms with E-state index in [2.05, 4.69) is 9.88 Å². The molecule has 0 bridgehead atoms. The largest absolute Gasteiger partial charge is 0.370 e. The van der Waals surface area contributed by atoms with Gasteiger partial charge in [0.1, 0.15) is 5.82 Å². The zero-order chi connectivity index (χ0) is 13.8. The fourth-order valence-corrected chi connectivity index (χ4v) is 2.04. The van der Waals surface area contributed by atoms with Crippen molar-refractivity contribution in [3.8, 4) is 0 Å². The number of anilines is 1. The van der Waals surface area contributed by atoms with Crippen LogP contribution in [-0.2, 0) is 13.1 Å². The highest BCUT2D eigenvalue weighted by atomic mass is 19.1. The minimum Gasteiger partial charge on any atom is -0.370 e. The van der Waals surface area contributed by atoms with Gasteiger partial charge in [-0.1, -0.05) is 12.1 Å². The lowest BCUT2D eigenvalue weighted by molar-refractivity contribution is 0.627. The second-order valence-electron chi connectivity index (χ2n) is 4.64. The fraction of sp³-hybridized carbons (Fsp3) is 0.267. The highest BCUT2D eigenvalue weighted by Gasteiger charge is 2.08. The van der Waals surface area contributed by atoms with Crippen molar-refractivity contribution in [2.75, 3.05) is 11.9 Å². The van der Waals surface area contributed by atoms with Crippen LogP contribution in [0.4, 0.5) is 10.1 Å². The highest BCUT2D eigenvalue weighted by molar-refractivity contribution is 5.53. The molecule has 4 heteroatoms. The maximum Gasteiger partial charge on any atom is 0.123 e. The van der Waals surface area contributed by atoms with Crippen LogP contribution in [0.25, 0.3) is 0 Å². The minimum absolute atomic E-state index is 0.214. The summed E-state index contributed by atoms with van der Waals surface area (Å²) in [7, 11) is 2.00. The summed E-state index contributed by atoms with van der Waals surface area (Å²) in [6.07, 6.45) is 1.81. The lowest BCUT2D eigenvalue weighted by atomic mass is 10.1. The quantitative estimate of drug-likeness (QED) is 0.917. The Balaban J connectivity index is 2.21. The molecule has 1 heterocycles. The Bertz CT molecular complexity index is 552. The third-order valence-electron chi connectivity index (χ3n) is 3.06. The molecular formula is C15H18FN3. The Morgan fingerprint density at radius 1 is 1.26 bits per heavy atom. The maximum absolute atomic E-state index is 12.9. The van der Waals surface area contributed by atoms with Gasteiger partial charge in [0.25, 0.3) is 0 Å². The molecule has 19 heavy (non-hydrogen) atoms. The second-order valence-corrected chi connectivity index (χ2v) is 4.64. The number of hydrogen-bond acceptors (Lipinski definition) is 3. The van der Waals surface area contributed by atoms with Gasteiger partial charge in [0, 0.05) is 43.3 Å². The summed E-state index contributed by atoms with van der Waals surface area (Å²) >= 11 is 0. The van der Waals surface area contributed by atoms with Crippen molar-refractivity contribution < 1.29 is 4.39 Å². The van der Waals surface area contributed by atoms with Crippen LogP contribution in [-0.4, -0.2) is 12.0 Å². The van der Waals surface area contributed by atoms with Crippen molar-refractivity contribution >= 4 is 5.69 Å². The lowest BCUT2D eigenvalue weighted by Gasteiger charge is -2.22. The summed E-state index contributed by atoms with van der Waals surface area (Å²) < 4.78 is 12.9. The van der Waals surface area contributed by atoms with Crippen molar-refractivity contribution in [2.24, 2.45) is 5.73 Å². The normalized spacial score (nSPS) is 10.5. The first-order valence-corrected chi connectivity index (χ1v) is 6.21. The Labute approximate surface area is 112 Å². The van der Waals surface area contributed by atoms with Gasteiger partial charge in [0.05, 0.1) is 0 Å². The average molecular weight is 259 g/mol. The summed E-state index contributed by atoms with van der Waals surface area (Å²) in [5.41, 5.74) is 9.83. The zero-order valence-corrected chi connectivity index (χ0v) is 11.2. The van der Waals surface area contributed by atoms with Gasteiger partial charge >= 0.3 is 0 Å². The van der Waals surface area contributed by atoms with Crippen LogP contribution in [0.1, 0.15) is 16.8 Å². The van der Waals surface area contributed by atoms with Crippen molar-refractivity contribution in [2.45, 2.75) is 20.0 Å². The molecule has 0 aliphatic carbocycles. The fourth-order valence-electron chi connectivity index (χ4n) is 2.04. The van der Waals surface area contributed by atoms with Crippen LogP contribution in [0, 0.1) is 12.7 Å². The molecule has 0 radical (unpaired) electrons. The summed E-state index contributed by atoms with van der Waals surface area (Å²) in [5.74, 6) is -0.214. The van der Waals surface area contributed by atoms with Crippen LogP contribution in [0.3, 0.4) is 0 Å². The Morgan fingerprint density at radius 3 is 2.58 bits per heavy atom. The van der Waals surface area contributed by atoms with Crippen LogP contribution in [0.5, 0.6) is 0 Å². The highest BCUT2D eigenvalue weighted by Crippen LogP contribution is 2.21. The van der Waals surface area contributed by atoms with Crippen LogP contribution in [0.15, 0.2) is 36.5 Å². The van der Waals surface area contributed by atoms with E-state index in [4.69, 9.17) is 5.73 Å². The van der Waals surface area contributed by atoms with Gasteiger partial charge in [0.2, 0.25) is 0 Å². The van der Waals surface area contributed by atoms with Gasteiger partial charge < -0.3 is 10.6 Å². The van der Waals surface area contributed by atoms with E-state index in [0.717, 1.165) is 22.5 Å².